The first-order chi connectivity index (χ1) is 10.3. The summed E-state index contributed by atoms with van der Waals surface area (Å²) in [5.41, 5.74) is 5.33. The van der Waals surface area contributed by atoms with E-state index in [0.29, 0.717) is 0 Å². The molecule has 0 unspecified atom stereocenters. The molecule has 0 saturated heterocycles. The lowest BCUT2D eigenvalue weighted by atomic mass is 9.89. The van der Waals surface area contributed by atoms with Crippen LogP contribution in [0.25, 0.3) is 21.5 Å². The molecule has 4 heteroatoms. The van der Waals surface area contributed by atoms with E-state index in [-0.39, 0.29) is 0 Å². The van der Waals surface area contributed by atoms with Gasteiger partial charge in [0.05, 0.1) is 22.7 Å². The number of nitrogens with zero attached hydrogens (tertiary/aromatic N) is 4. The maximum atomic E-state index is 2.36. The summed E-state index contributed by atoms with van der Waals surface area (Å²) in [7, 11) is 17.0. The molecule has 0 saturated carbocycles. The van der Waals surface area contributed by atoms with Gasteiger partial charge in [0.1, 0.15) is 0 Å². The summed E-state index contributed by atoms with van der Waals surface area (Å²) in [4.78, 5) is 8.87. The molecule has 0 aromatic heterocycles. The Labute approximate surface area is 133 Å². The summed E-state index contributed by atoms with van der Waals surface area (Å²) in [6.45, 7) is 0. The molecule has 0 heterocycles. The third-order valence-electron chi connectivity index (χ3n) is 4.42. The third-order valence-corrected chi connectivity index (χ3v) is 4.42. The molecule has 22 heavy (non-hydrogen) atoms. The first kappa shape index (κ1) is 14.8. The second kappa shape index (κ2) is 4.70. The average molecular weight is 298 g/mol. The van der Waals surface area contributed by atoms with Crippen LogP contribution in [-0.2, 0) is 0 Å². The van der Waals surface area contributed by atoms with Crippen LogP contribution < -0.4 is 19.6 Å². The van der Waals surface area contributed by atoms with Crippen LogP contribution in [0.15, 0.2) is 12.1 Å². The van der Waals surface area contributed by atoms with Gasteiger partial charge in [-0.15, -0.1) is 0 Å². The van der Waals surface area contributed by atoms with E-state index in [2.05, 4.69) is 88.1 Å². The van der Waals surface area contributed by atoms with Crippen molar-refractivity contribution in [1.29, 1.82) is 0 Å². The Morgan fingerprint density at radius 1 is 0.409 bits per heavy atom. The molecular formula is C18H26N4. The monoisotopic (exact) mass is 298 g/mol. The van der Waals surface area contributed by atoms with E-state index in [9.17, 15) is 0 Å². The highest BCUT2D eigenvalue weighted by Gasteiger charge is 2.27. The van der Waals surface area contributed by atoms with Gasteiger partial charge in [-0.05, 0) is 12.1 Å². The van der Waals surface area contributed by atoms with Gasteiger partial charge in [0, 0.05) is 77.9 Å². The standard InChI is InChI=1S/C18H26N4/c1-19(2)15-11-9-13-14(10-12(11)16(15)20(3)4)18(22(7)8)17(13)21(5)6/h9-10H,1-8H3. The zero-order valence-electron chi connectivity index (χ0n) is 14.9. The van der Waals surface area contributed by atoms with Crippen molar-refractivity contribution in [2.45, 2.75) is 0 Å². The summed E-state index contributed by atoms with van der Waals surface area (Å²) in [5.74, 6) is 0. The van der Waals surface area contributed by atoms with Gasteiger partial charge < -0.3 is 19.6 Å². The smallest absolute Gasteiger partial charge is 0.0685 e. The zero-order valence-corrected chi connectivity index (χ0v) is 14.9. The minimum atomic E-state index is 1.33. The Bertz CT molecular complexity index is 670. The highest BCUT2D eigenvalue weighted by Crippen LogP contribution is 2.53. The lowest BCUT2D eigenvalue weighted by Crippen LogP contribution is -2.22. The SMILES string of the molecule is CN(C)c1c(N(C)C)c2cc3c(N(C)C)c(N(C)C)c3cc12. The first-order valence-corrected chi connectivity index (χ1v) is 7.63. The van der Waals surface area contributed by atoms with Crippen molar-refractivity contribution in [3.63, 3.8) is 0 Å². The predicted octanol–water partition coefficient (Wildman–Crippen LogP) is 3.13. The fourth-order valence-corrected chi connectivity index (χ4v) is 3.58. The summed E-state index contributed by atoms with van der Waals surface area (Å²) >= 11 is 0. The van der Waals surface area contributed by atoms with Crippen LogP contribution >= 0.6 is 0 Å². The fourth-order valence-electron chi connectivity index (χ4n) is 3.58. The Morgan fingerprint density at radius 3 is 0.727 bits per heavy atom. The summed E-state index contributed by atoms with van der Waals surface area (Å²) in [5, 5.41) is 5.46. The van der Waals surface area contributed by atoms with Gasteiger partial charge in [0.15, 0.2) is 0 Å². The van der Waals surface area contributed by atoms with E-state index in [0.717, 1.165) is 0 Å². The summed E-state index contributed by atoms with van der Waals surface area (Å²) in [6, 6.07) is 4.71. The maximum Gasteiger partial charge on any atom is 0.0685 e. The molecule has 0 bridgehead atoms. The van der Waals surface area contributed by atoms with Crippen LogP contribution in [0.4, 0.5) is 22.7 Å². The molecule has 0 N–H and O–H groups in total. The van der Waals surface area contributed by atoms with E-state index in [1.54, 1.807) is 0 Å². The molecule has 3 aromatic carbocycles. The highest BCUT2D eigenvalue weighted by molar-refractivity contribution is 6.27. The Hall–Kier alpha value is -2.10. The lowest BCUT2D eigenvalue weighted by molar-refractivity contribution is 1.08. The van der Waals surface area contributed by atoms with Gasteiger partial charge in [-0.2, -0.15) is 0 Å². The molecule has 3 aromatic rings. The number of anilines is 4. The van der Waals surface area contributed by atoms with Crippen LogP contribution in [0.2, 0.25) is 0 Å². The maximum absolute atomic E-state index is 2.36. The number of hydrogen-bond donors (Lipinski definition) is 0. The van der Waals surface area contributed by atoms with Crippen molar-refractivity contribution in [3.05, 3.63) is 12.1 Å². The first-order valence-electron chi connectivity index (χ1n) is 7.63. The normalized spacial score (nSPS) is 11.6. The number of hydrogen-bond acceptors (Lipinski definition) is 4. The second-order valence-corrected chi connectivity index (χ2v) is 6.92. The van der Waals surface area contributed by atoms with Gasteiger partial charge in [-0.1, -0.05) is 0 Å². The van der Waals surface area contributed by atoms with Crippen molar-refractivity contribution < 1.29 is 0 Å². The molecular weight excluding hydrogens is 272 g/mol. The van der Waals surface area contributed by atoms with E-state index < -0.39 is 0 Å². The Kier molecular flexibility index (Phi) is 3.17. The highest BCUT2D eigenvalue weighted by atomic mass is 15.2. The van der Waals surface area contributed by atoms with Crippen molar-refractivity contribution in [1.82, 2.24) is 0 Å². The molecule has 0 amide bonds. The van der Waals surface area contributed by atoms with E-state index in [1.807, 2.05) is 0 Å². The van der Waals surface area contributed by atoms with Gasteiger partial charge >= 0.3 is 0 Å². The van der Waals surface area contributed by atoms with E-state index >= 15 is 0 Å². The Morgan fingerprint density at radius 2 is 0.591 bits per heavy atom. The van der Waals surface area contributed by atoms with Crippen molar-refractivity contribution in [2.75, 3.05) is 76.0 Å². The molecule has 3 rings (SSSR count). The van der Waals surface area contributed by atoms with Gasteiger partial charge in [0.25, 0.3) is 0 Å². The molecule has 0 fully saturated rings. The van der Waals surface area contributed by atoms with Gasteiger partial charge in [-0.3, -0.25) is 0 Å². The zero-order chi connectivity index (χ0) is 16.3. The van der Waals surface area contributed by atoms with Crippen LogP contribution in [0.5, 0.6) is 0 Å². The van der Waals surface area contributed by atoms with Crippen LogP contribution in [0.3, 0.4) is 0 Å². The summed E-state index contributed by atoms with van der Waals surface area (Å²) in [6.07, 6.45) is 0. The lowest BCUT2D eigenvalue weighted by Gasteiger charge is -2.34. The van der Waals surface area contributed by atoms with Crippen LogP contribution in [-0.4, -0.2) is 56.4 Å². The topological polar surface area (TPSA) is 13.0 Å². The molecule has 0 aliphatic heterocycles. The molecule has 0 spiro atoms. The minimum absolute atomic E-state index is 1.33. The average Bonchev–Trinajstić information content (AvgIpc) is 2.31. The quantitative estimate of drug-likeness (QED) is 0.733. The van der Waals surface area contributed by atoms with E-state index in [4.69, 9.17) is 0 Å². The Balaban J connectivity index is 2.29. The van der Waals surface area contributed by atoms with Crippen molar-refractivity contribution >= 4 is 44.3 Å². The third kappa shape index (κ3) is 1.76. The molecule has 0 radical (unpaired) electrons. The molecule has 4 nitrogen and oxygen atoms in total. The second-order valence-electron chi connectivity index (χ2n) is 6.92. The molecule has 118 valence electrons. The molecule has 0 aliphatic carbocycles. The van der Waals surface area contributed by atoms with Crippen LogP contribution in [0.1, 0.15) is 0 Å². The van der Waals surface area contributed by atoms with Crippen molar-refractivity contribution in [3.8, 4) is 0 Å². The molecule has 0 aliphatic rings. The van der Waals surface area contributed by atoms with Crippen molar-refractivity contribution in [2.24, 2.45) is 0 Å². The fraction of sp³-hybridized carbons (Fsp3) is 0.444. The molecule has 0 atom stereocenters. The van der Waals surface area contributed by atoms with Gasteiger partial charge in [-0.25, -0.2) is 0 Å². The van der Waals surface area contributed by atoms with E-state index in [1.165, 1.54) is 44.3 Å². The largest absolute Gasteiger partial charge is 0.375 e. The van der Waals surface area contributed by atoms with Gasteiger partial charge in [0.2, 0.25) is 0 Å². The van der Waals surface area contributed by atoms with Crippen LogP contribution in [0, 0.1) is 0 Å². The number of fused-ring (bicyclic) bond motifs is 2. The predicted molar refractivity (Wildman–Crippen MR) is 101 cm³/mol. The minimum Gasteiger partial charge on any atom is -0.375 e. The number of rotatable bonds is 4. The summed E-state index contributed by atoms with van der Waals surface area (Å²) < 4.78 is 0. The number of benzene rings is 1.